The number of carbonyl (C=O) groups excluding carboxylic acids is 1. The largest absolute Gasteiger partial charge is 0.281 e. The second-order valence-electron chi connectivity index (χ2n) is 3.68. The van der Waals surface area contributed by atoms with Crippen molar-refractivity contribution in [1.29, 1.82) is 0 Å². The summed E-state index contributed by atoms with van der Waals surface area (Å²) in [4.78, 5) is 30.1. The van der Waals surface area contributed by atoms with Gasteiger partial charge in [0.1, 0.15) is 0 Å². The van der Waals surface area contributed by atoms with Gasteiger partial charge in [0.25, 0.3) is 5.69 Å². The van der Waals surface area contributed by atoms with Crippen molar-refractivity contribution in [2.75, 3.05) is 0 Å². The summed E-state index contributed by atoms with van der Waals surface area (Å²) in [6.45, 7) is 1.80. The van der Waals surface area contributed by atoms with Crippen LogP contribution < -0.4 is 0 Å². The zero-order valence-electron chi connectivity index (χ0n) is 9.94. The molecule has 2 aromatic rings. The Bertz CT molecular complexity index is 646. The Labute approximate surface area is 113 Å². The SMILES string of the molecule is Cc1ccnc(SC(=O)c2cccc([N+](=O)[O-])c2)n1. The number of nitro groups is 1. The number of hydrogen-bond donors (Lipinski definition) is 0. The molecular formula is C12H9N3O3S. The first-order chi connectivity index (χ1) is 9.06. The average molecular weight is 275 g/mol. The molecule has 0 atom stereocenters. The maximum atomic E-state index is 12.0. The van der Waals surface area contributed by atoms with Crippen LogP contribution in [0.4, 0.5) is 5.69 Å². The molecule has 7 heteroatoms. The first-order valence-electron chi connectivity index (χ1n) is 5.32. The van der Waals surface area contributed by atoms with E-state index in [1.807, 2.05) is 0 Å². The number of non-ortho nitro benzene ring substituents is 1. The third kappa shape index (κ3) is 3.35. The number of aryl methyl sites for hydroxylation is 1. The van der Waals surface area contributed by atoms with Gasteiger partial charge in [-0.25, -0.2) is 9.97 Å². The highest BCUT2D eigenvalue weighted by Crippen LogP contribution is 2.22. The van der Waals surface area contributed by atoms with Crippen LogP contribution in [0.5, 0.6) is 0 Å². The van der Waals surface area contributed by atoms with Crippen LogP contribution in [-0.2, 0) is 0 Å². The van der Waals surface area contributed by atoms with E-state index in [4.69, 9.17) is 0 Å². The Morgan fingerprint density at radius 1 is 1.37 bits per heavy atom. The molecule has 1 aromatic heterocycles. The second-order valence-corrected chi connectivity index (χ2v) is 4.62. The minimum Gasteiger partial charge on any atom is -0.281 e. The molecule has 0 bridgehead atoms. The minimum atomic E-state index is -0.537. The van der Waals surface area contributed by atoms with Gasteiger partial charge >= 0.3 is 0 Å². The predicted molar refractivity (Wildman–Crippen MR) is 70.1 cm³/mol. The summed E-state index contributed by atoms with van der Waals surface area (Å²) >= 11 is 0.848. The Morgan fingerprint density at radius 3 is 2.84 bits per heavy atom. The maximum Gasteiger partial charge on any atom is 0.270 e. The van der Waals surface area contributed by atoms with Crippen LogP contribution in [-0.4, -0.2) is 20.0 Å². The molecule has 2 rings (SSSR count). The first kappa shape index (κ1) is 13.2. The van der Waals surface area contributed by atoms with Gasteiger partial charge in [0.05, 0.1) is 4.92 Å². The van der Waals surface area contributed by atoms with Gasteiger partial charge < -0.3 is 0 Å². The fourth-order valence-corrected chi connectivity index (χ4v) is 2.08. The zero-order valence-corrected chi connectivity index (χ0v) is 10.8. The molecule has 0 spiro atoms. The molecule has 6 nitrogen and oxygen atoms in total. The van der Waals surface area contributed by atoms with Crippen molar-refractivity contribution < 1.29 is 9.72 Å². The van der Waals surface area contributed by atoms with Crippen molar-refractivity contribution in [3.63, 3.8) is 0 Å². The van der Waals surface area contributed by atoms with Crippen molar-refractivity contribution in [2.45, 2.75) is 12.1 Å². The quantitative estimate of drug-likeness (QED) is 0.370. The highest BCUT2D eigenvalue weighted by molar-refractivity contribution is 8.14. The Balaban J connectivity index is 2.20. The molecule has 1 aromatic carbocycles. The van der Waals surface area contributed by atoms with Gasteiger partial charge in [-0.15, -0.1) is 0 Å². The van der Waals surface area contributed by atoms with Crippen LogP contribution >= 0.6 is 11.8 Å². The molecule has 0 N–H and O–H groups in total. The summed E-state index contributed by atoms with van der Waals surface area (Å²) in [6.07, 6.45) is 1.56. The third-order valence-electron chi connectivity index (χ3n) is 2.25. The van der Waals surface area contributed by atoms with E-state index in [0.29, 0.717) is 5.16 Å². The molecule has 19 heavy (non-hydrogen) atoms. The summed E-state index contributed by atoms with van der Waals surface area (Å²) < 4.78 is 0. The lowest BCUT2D eigenvalue weighted by Gasteiger charge is -2.00. The van der Waals surface area contributed by atoms with Crippen LogP contribution in [0.15, 0.2) is 41.7 Å². The van der Waals surface area contributed by atoms with Gasteiger partial charge in [-0.2, -0.15) is 0 Å². The zero-order chi connectivity index (χ0) is 13.8. The molecule has 0 radical (unpaired) electrons. The number of nitrogens with zero attached hydrogens (tertiary/aromatic N) is 3. The molecule has 0 saturated carbocycles. The number of benzene rings is 1. The van der Waals surface area contributed by atoms with Crippen molar-refractivity contribution in [2.24, 2.45) is 0 Å². The maximum absolute atomic E-state index is 12.0. The Hall–Kier alpha value is -2.28. The van der Waals surface area contributed by atoms with E-state index in [1.54, 1.807) is 19.2 Å². The van der Waals surface area contributed by atoms with Crippen molar-refractivity contribution in [3.8, 4) is 0 Å². The second kappa shape index (κ2) is 5.57. The summed E-state index contributed by atoms with van der Waals surface area (Å²) in [5, 5.41) is 10.6. The van der Waals surface area contributed by atoms with Crippen LogP contribution in [0.2, 0.25) is 0 Å². The number of aromatic nitrogens is 2. The Kier molecular flexibility index (Phi) is 3.86. The monoisotopic (exact) mass is 275 g/mol. The molecule has 0 unspecified atom stereocenters. The summed E-state index contributed by atoms with van der Waals surface area (Å²) in [5.41, 5.74) is 0.894. The lowest BCUT2D eigenvalue weighted by Crippen LogP contribution is -1.98. The van der Waals surface area contributed by atoms with Crippen molar-refractivity contribution in [1.82, 2.24) is 9.97 Å². The fourth-order valence-electron chi connectivity index (χ4n) is 1.36. The normalized spacial score (nSPS) is 10.2. The van der Waals surface area contributed by atoms with Gasteiger partial charge in [0.15, 0.2) is 5.16 Å². The van der Waals surface area contributed by atoms with Gasteiger partial charge in [-0.3, -0.25) is 14.9 Å². The molecule has 0 aliphatic carbocycles. The van der Waals surface area contributed by atoms with E-state index >= 15 is 0 Å². The number of carbonyl (C=O) groups is 1. The number of rotatable bonds is 3. The topological polar surface area (TPSA) is 86.0 Å². The van der Waals surface area contributed by atoms with Gasteiger partial charge in [-0.1, -0.05) is 6.07 Å². The van der Waals surface area contributed by atoms with E-state index < -0.39 is 4.92 Å². The third-order valence-corrected chi connectivity index (χ3v) is 3.05. The van der Waals surface area contributed by atoms with Crippen LogP contribution in [0, 0.1) is 17.0 Å². The number of thioether (sulfide) groups is 1. The summed E-state index contributed by atoms with van der Waals surface area (Å²) in [7, 11) is 0. The lowest BCUT2D eigenvalue weighted by molar-refractivity contribution is -0.384. The van der Waals surface area contributed by atoms with Crippen LogP contribution in [0.25, 0.3) is 0 Å². The summed E-state index contributed by atoms with van der Waals surface area (Å²) in [5.74, 6) is 0. The first-order valence-corrected chi connectivity index (χ1v) is 6.14. The highest BCUT2D eigenvalue weighted by atomic mass is 32.2. The molecule has 0 aliphatic heterocycles. The predicted octanol–water partition coefficient (Wildman–Crippen LogP) is 2.63. The van der Waals surface area contributed by atoms with E-state index in [0.717, 1.165) is 17.5 Å². The molecule has 0 aliphatic rings. The molecular weight excluding hydrogens is 266 g/mol. The van der Waals surface area contributed by atoms with Crippen molar-refractivity contribution >= 4 is 22.6 Å². The Morgan fingerprint density at radius 2 is 2.16 bits per heavy atom. The van der Waals surface area contributed by atoms with Crippen LogP contribution in [0.3, 0.4) is 0 Å². The molecule has 0 amide bonds. The standard InChI is InChI=1S/C12H9N3O3S/c1-8-5-6-13-12(14-8)19-11(16)9-3-2-4-10(7-9)15(17)18/h2-7H,1H3. The van der Waals surface area contributed by atoms with Gasteiger partial charge in [-0.05, 0) is 30.8 Å². The molecule has 0 saturated heterocycles. The number of hydrogen-bond acceptors (Lipinski definition) is 6. The fraction of sp³-hybridized carbons (Fsp3) is 0.0833. The van der Waals surface area contributed by atoms with Crippen molar-refractivity contribution in [3.05, 3.63) is 57.9 Å². The number of nitro benzene ring substituents is 1. The smallest absolute Gasteiger partial charge is 0.270 e. The van der Waals surface area contributed by atoms with Gasteiger partial charge in [0.2, 0.25) is 5.12 Å². The minimum absolute atomic E-state index is 0.114. The van der Waals surface area contributed by atoms with E-state index in [2.05, 4.69) is 9.97 Å². The van der Waals surface area contributed by atoms with E-state index in [-0.39, 0.29) is 16.4 Å². The average Bonchev–Trinajstić information content (AvgIpc) is 2.39. The highest BCUT2D eigenvalue weighted by Gasteiger charge is 2.14. The van der Waals surface area contributed by atoms with E-state index in [1.165, 1.54) is 24.3 Å². The molecule has 96 valence electrons. The van der Waals surface area contributed by atoms with E-state index in [9.17, 15) is 14.9 Å². The van der Waals surface area contributed by atoms with Gasteiger partial charge in [0, 0.05) is 29.6 Å². The van der Waals surface area contributed by atoms with Crippen LogP contribution in [0.1, 0.15) is 16.1 Å². The molecule has 0 fully saturated rings. The summed E-state index contributed by atoms with van der Waals surface area (Å²) in [6, 6.07) is 7.30. The molecule has 1 heterocycles. The lowest BCUT2D eigenvalue weighted by atomic mass is 10.2.